The fraction of sp³-hybridized carbons (Fsp3) is 0.571. The lowest BCUT2D eigenvalue weighted by atomic mass is 9.82. The molecule has 0 spiro atoms. The van der Waals surface area contributed by atoms with E-state index in [1.807, 2.05) is 63.2 Å². The van der Waals surface area contributed by atoms with Crippen LogP contribution in [-0.4, -0.2) is 62.0 Å². The minimum Gasteiger partial charge on any atom is -0.368 e. The molecule has 7 heteroatoms. The fourth-order valence-corrected chi connectivity index (χ4v) is 3.39. The maximum atomic E-state index is 12.3. The number of urea groups is 1. The van der Waals surface area contributed by atoms with Crippen LogP contribution in [0.3, 0.4) is 0 Å². The summed E-state index contributed by atoms with van der Waals surface area (Å²) in [5.74, 6) is -0.537. The molecular formula is C21H31N3O4. The van der Waals surface area contributed by atoms with Crippen LogP contribution in [0.4, 0.5) is 4.79 Å². The number of Topliss-reactive ketones (excluding diaryl/α,β-unsaturated/α-hetero) is 1. The van der Waals surface area contributed by atoms with E-state index in [1.165, 1.54) is 0 Å². The molecule has 2 rings (SSSR count). The SMILES string of the molecule is CN(C)CCC1OCC(=O)C1NC(=O)NC(=O)CC(C)(C)Cc1ccccc1. The van der Waals surface area contributed by atoms with Gasteiger partial charge >= 0.3 is 6.03 Å². The van der Waals surface area contributed by atoms with Gasteiger partial charge in [-0.25, -0.2) is 4.79 Å². The number of imide groups is 1. The molecule has 28 heavy (non-hydrogen) atoms. The Morgan fingerprint density at radius 1 is 1.21 bits per heavy atom. The van der Waals surface area contributed by atoms with E-state index in [9.17, 15) is 14.4 Å². The number of amides is 3. The van der Waals surface area contributed by atoms with Gasteiger partial charge in [-0.05, 0) is 37.9 Å². The molecule has 154 valence electrons. The van der Waals surface area contributed by atoms with Gasteiger partial charge in [-0.3, -0.25) is 14.9 Å². The molecule has 7 nitrogen and oxygen atoms in total. The van der Waals surface area contributed by atoms with Gasteiger partial charge in [0, 0.05) is 13.0 Å². The van der Waals surface area contributed by atoms with Crippen molar-refractivity contribution < 1.29 is 19.1 Å². The first-order chi connectivity index (χ1) is 13.2. The average Bonchev–Trinajstić information content (AvgIpc) is 2.92. The average molecular weight is 389 g/mol. The fourth-order valence-electron chi connectivity index (χ4n) is 3.39. The Bertz CT molecular complexity index is 688. The van der Waals surface area contributed by atoms with Crippen molar-refractivity contribution in [3.05, 3.63) is 35.9 Å². The maximum absolute atomic E-state index is 12.3. The summed E-state index contributed by atoms with van der Waals surface area (Å²) in [6.07, 6.45) is 1.19. The summed E-state index contributed by atoms with van der Waals surface area (Å²) in [6, 6.07) is 8.55. The molecule has 2 N–H and O–H groups in total. The second-order valence-corrected chi connectivity index (χ2v) is 8.41. The van der Waals surface area contributed by atoms with Gasteiger partial charge < -0.3 is 15.0 Å². The van der Waals surface area contributed by atoms with Gasteiger partial charge in [0.2, 0.25) is 5.91 Å². The quantitative estimate of drug-likeness (QED) is 0.707. The predicted octanol–water partition coefficient (Wildman–Crippen LogP) is 1.76. The molecule has 3 amide bonds. The van der Waals surface area contributed by atoms with Crippen molar-refractivity contribution in [1.82, 2.24) is 15.5 Å². The lowest BCUT2D eigenvalue weighted by Crippen LogP contribution is -2.51. The predicted molar refractivity (Wildman–Crippen MR) is 107 cm³/mol. The molecule has 1 heterocycles. The van der Waals surface area contributed by atoms with Crippen LogP contribution in [0, 0.1) is 5.41 Å². The molecule has 1 aromatic carbocycles. The first kappa shape index (κ1) is 22.0. The van der Waals surface area contributed by atoms with E-state index in [4.69, 9.17) is 4.74 Å². The summed E-state index contributed by atoms with van der Waals surface area (Å²) >= 11 is 0. The van der Waals surface area contributed by atoms with Crippen molar-refractivity contribution in [3.63, 3.8) is 0 Å². The largest absolute Gasteiger partial charge is 0.368 e. The molecule has 1 saturated heterocycles. The summed E-state index contributed by atoms with van der Waals surface area (Å²) in [4.78, 5) is 38.5. The highest BCUT2D eigenvalue weighted by Gasteiger charge is 2.37. The Morgan fingerprint density at radius 2 is 1.89 bits per heavy atom. The van der Waals surface area contributed by atoms with Crippen LogP contribution in [0.25, 0.3) is 0 Å². The van der Waals surface area contributed by atoms with Crippen LogP contribution in [0.15, 0.2) is 30.3 Å². The van der Waals surface area contributed by atoms with E-state index in [0.717, 1.165) is 18.5 Å². The van der Waals surface area contributed by atoms with Gasteiger partial charge in [0.15, 0.2) is 5.78 Å². The molecule has 0 radical (unpaired) electrons. The Hall–Kier alpha value is -2.25. The summed E-state index contributed by atoms with van der Waals surface area (Å²) in [5, 5.41) is 4.95. The molecule has 0 bridgehead atoms. The molecule has 0 aromatic heterocycles. The summed E-state index contributed by atoms with van der Waals surface area (Å²) < 4.78 is 5.48. The zero-order chi connectivity index (χ0) is 20.7. The van der Waals surface area contributed by atoms with Gasteiger partial charge in [-0.1, -0.05) is 44.2 Å². The highest BCUT2D eigenvalue weighted by atomic mass is 16.5. The first-order valence-corrected chi connectivity index (χ1v) is 9.59. The number of hydrogen-bond donors (Lipinski definition) is 2. The van der Waals surface area contributed by atoms with Crippen LogP contribution >= 0.6 is 0 Å². The van der Waals surface area contributed by atoms with E-state index >= 15 is 0 Å². The highest BCUT2D eigenvalue weighted by molar-refractivity contribution is 5.97. The number of ketones is 1. The van der Waals surface area contributed by atoms with Gasteiger partial charge in [0.25, 0.3) is 0 Å². The number of rotatable bonds is 8. The molecule has 1 aliphatic heterocycles. The standard InChI is InChI=1S/C21H31N3O4/c1-21(2,12-15-8-6-5-7-9-15)13-18(26)22-20(27)23-19-16(25)14-28-17(19)10-11-24(3)4/h5-9,17,19H,10-14H2,1-4H3,(H2,22,23,26,27). The molecule has 1 aromatic rings. The lowest BCUT2D eigenvalue weighted by Gasteiger charge is -2.24. The van der Waals surface area contributed by atoms with Gasteiger partial charge in [0.05, 0.1) is 6.10 Å². The van der Waals surface area contributed by atoms with E-state index in [-0.39, 0.29) is 36.2 Å². The van der Waals surface area contributed by atoms with Crippen LogP contribution < -0.4 is 10.6 Å². The van der Waals surface area contributed by atoms with Gasteiger partial charge in [-0.2, -0.15) is 0 Å². The van der Waals surface area contributed by atoms with Crippen LogP contribution in [0.2, 0.25) is 0 Å². The Kier molecular flexibility index (Phi) is 7.71. The molecule has 1 fully saturated rings. The normalized spacial score (nSPS) is 19.7. The van der Waals surface area contributed by atoms with E-state index in [0.29, 0.717) is 6.42 Å². The molecule has 2 unspecified atom stereocenters. The summed E-state index contributed by atoms with van der Waals surface area (Å²) in [7, 11) is 3.86. The second kappa shape index (κ2) is 9.80. The molecule has 0 aliphatic carbocycles. The van der Waals surface area contributed by atoms with E-state index in [1.54, 1.807) is 0 Å². The van der Waals surface area contributed by atoms with Crippen molar-refractivity contribution in [3.8, 4) is 0 Å². The van der Waals surface area contributed by atoms with Gasteiger partial charge in [0.1, 0.15) is 12.6 Å². The first-order valence-electron chi connectivity index (χ1n) is 9.59. The summed E-state index contributed by atoms with van der Waals surface area (Å²) in [6.45, 7) is 4.71. The summed E-state index contributed by atoms with van der Waals surface area (Å²) in [5.41, 5.74) is 0.842. The van der Waals surface area contributed by atoms with Crippen molar-refractivity contribution in [1.29, 1.82) is 0 Å². The zero-order valence-electron chi connectivity index (χ0n) is 17.2. The van der Waals surface area contributed by atoms with Crippen LogP contribution in [0.1, 0.15) is 32.3 Å². The second-order valence-electron chi connectivity index (χ2n) is 8.41. The monoisotopic (exact) mass is 389 g/mol. The number of hydrogen-bond acceptors (Lipinski definition) is 5. The lowest BCUT2D eigenvalue weighted by molar-refractivity contribution is -0.122. The third-order valence-corrected chi connectivity index (χ3v) is 4.72. The Balaban J connectivity index is 1.84. The van der Waals surface area contributed by atoms with Crippen LogP contribution in [0.5, 0.6) is 0 Å². The molecule has 0 saturated carbocycles. The van der Waals surface area contributed by atoms with Gasteiger partial charge in [-0.15, -0.1) is 0 Å². The number of carbonyl (C=O) groups excluding carboxylic acids is 3. The number of carbonyl (C=O) groups is 3. The van der Waals surface area contributed by atoms with E-state index in [2.05, 4.69) is 10.6 Å². The Labute approximate surface area is 166 Å². The number of nitrogens with zero attached hydrogens (tertiary/aromatic N) is 1. The highest BCUT2D eigenvalue weighted by Crippen LogP contribution is 2.25. The Morgan fingerprint density at radius 3 is 2.54 bits per heavy atom. The molecule has 2 atom stereocenters. The van der Waals surface area contributed by atoms with E-state index < -0.39 is 12.1 Å². The number of ether oxygens (including phenoxy) is 1. The van der Waals surface area contributed by atoms with Crippen molar-refractivity contribution in [2.45, 2.75) is 45.3 Å². The third-order valence-electron chi connectivity index (χ3n) is 4.72. The van der Waals surface area contributed by atoms with Crippen molar-refractivity contribution in [2.24, 2.45) is 5.41 Å². The number of benzene rings is 1. The topological polar surface area (TPSA) is 87.7 Å². The zero-order valence-corrected chi connectivity index (χ0v) is 17.2. The minimum atomic E-state index is -0.718. The molecule has 1 aliphatic rings. The molecular weight excluding hydrogens is 358 g/mol. The third kappa shape index (κ3) is 7.05. The minimum absolute atomic E-state index is 0.0128. The smallest absolute Gasteiger partial charge is 0.322 e. The van der Waals surface area contributed by atoms with Crippen molar-refractivity contribution >= 4 is 17.7 Å². The van der Waals surface area contributed by atoms with Crippen LogP contribution in [-0.2, 0) is 20.7 Å². The number of nitrogens with one attached hydrogen (secondary N) is 2. The van der Waals surface area contributed by atoms with Crippen molar-refractivity contribution in [2.75, 3.05) is 27.2 Å². The maximum Gasteiger partial charge on any atom is 0.322 e.